The van der Waals surface area contributed by atoms with Crippen molar-refractivity contribution in [2.45, 2.75) is 59.3 Å². The van der Waals surface area contributed by atoms with Crippen LogP contribution in [0, 0.1) is 11.3 Å². The fourth-order valence-electron chi connectivity index (χ4n) is 2.59. The number of nitrogens with zero attached hydrogens (tertiary/aromatic N) is 1. The molecule has 2 N–H and O–H groups in total. The lowest BCUT2D eigenvalue weighted by atomic mass is 9.87. The molecule has 0 aromatic rings. The first-order valence-corrected chi connectivity index (χ1v) is 7.46. The summed E-state index contributed by atoms with van der Waals surface area (Å²) in [4.78, 5) is 2.67. The summed E-state index contributed by atoms with van der Waals surface area (Å²) in [5.74, 6) is 0.941. The van der Waals surface area contributed by atoms with Gasteiger partial charge in [-0.25, -0.2) is 0 Å². The summed E-state index contributed by atoms with van der Waals surface area (Å²) in [6.45, 7) is 11.7. The van der Waals surface area contributed by atoms with Crippen molar-refractivity contribution in [1.82, 2.24) is 4.90 Å². The molecule has 0 aromatic heterocycles. The molecule has 1 rings (SSSR count). The van der Waals surface area contributed by atoms with Crippen molar-refractivity contribution in [3.05, 3.63) is 0 Å². The highest BCUT2D eigenvalue weighted by atomic mass is 15.1. The van der Waals surface area contributed by atoms with Gasteiger partial charge >= 0.3 is 0 Å². The third-order valence-corrected chi connectivity index (χ3v) is 4.24. The number of hydrogen-bond donors (Lipinski definition) is 1. The Morgan fingerprint density at radius 3 is 2.65 bits per heavy atom. The molecule has 2 nitrogen and oxygen atoms in total. The average Bonchev–Trinajstić information content (AvgIpc) is 2.50. The maximum absolute atomic E-state index is 5.76. The van der Waals surface area contributed by atoms with Crippen LogP contribution in [0.15, 0.2) is 0 Å². The smallest absolute Gasteiger partial charge is 0.00162 e. The van der Waals surface area contributed by atoms with Gasteiger partial charge in [0.25, 0.3) is 0 Å². The van der Waals surface area contributed by atoms with Crippen molar-refractivity contribution in [3.8, 4) is 0 Å². The third kappa shape index (κ3) is 6.42. The van der Waals surface area contributed by atoms with Gasteiger partial charge in [0.15, 0.2) is 0 Å². The molecule has 0 bridgehead atoms. The van der Waals surface area contributed by atoms with Gasteiger partial charge in [-0.1, -0.05) is 27.2 Å². The maximum atomic E-state index is 5.76. The van der Waals surface area contributed by atoms with E-state index in [-0.39, 0.29) is 0 Å². The molecule has 0 aliphatic carbocycles. The van der Waals surface area contributed by atoms with Gasteiger partial charge in [-0.2, -0.15) is 0 Å². The molecule has 1 unspecified atom stereocenters. The van der Waals surface area contributed by atoms with E-state index in [9.17, 15) is 0 Å². The summed E-state index contributed by atoms with van der Waals surface area (Å²) < 4.78 is 0. The fraction of sp³-hybridized carbons (Fsp3) is 1.00. The molecule has 0 aromatic carbocycles. The van der Waals surface area contributed by atoms with Crippen LogP contribution in [0.1, 0.15) is 59.3 Å². The van der Waals surface area contributed by atoms with Crippen LogP contribution in [0.4, 0.5) is 0 Å². The minimum Gasteiger partial charge on any atom is -0.330 e. The Hall–Kier alpha value is -0.0800. The number of hydrogen-bond acceptors (Lipinski definition) is 2. The Morgan fingerprint density at radius 2 is 1.94 bits per heavy atom. The quantitative estimate of drug-likeness (QED) is 0.722. The number of nitrogens with two attached hydrogens (primary N) is 1. The zero-order valence-electron chi connectivity index (χ0n) is 12.2. The topological polar surface area (TPSA) is 29.3 Å². The summed E-state index contributed by atoms with van der Waals surface area (Å²) in [7, 11) is 0. The van der Waals surface area contributed by atoms with Gasteiger partial charge in [-0.15, -0.1) is 0 Å². The van der Waals surface area contributed by atoms with Gasteiger partial charge in [-0.3, -0.25) is 0 Å². The van der Waals surface area contributed by atoms with Crippen LogP contribution in [0.25, 0.3) is 0 Å². The molecular weight excluding hydrogens is 208 g/mol. The molecule has 0 radical (unpaired) electrons. The summed E-state index contributed by atoms with van der Waals surface area (Å²) in [6.07, 6.45) is 8.17. The van der Waals surface area contributed by atoms with E-state index in [1.165, 1.54) is 58.2 Å². The summed E-state index contributed by atoms with van der Waals surface area (Å²) in [6, 6.07) is 0. The van der Waals surface area contributed by atoms with Crippen LogP contribution in [0.3, 0.4) is 0 Å². The molecular formula is C15H32N2. The van der Waals surface area contributed by atoms with Crippen LogP contribution in [0.5, 0.6) is 0 Å². The van der Waals surface area contributed by atoms with Gasteiger partial charge in [0.05, 0.1) is 0 Å². The van der Waals surface area contributed by atoms with Crippen LogP contribution >= 0.6 is 0 Å². The van der Waals surface area contributed by atoms with Crippen molar-refractivity contribution in [3.63, 3.8) is 0 Å². The molecule has 1 fully saturated rings. The normalized spacial score (nSPS) is 23.6. The molecule has 0 amide bonds. The van der Waals surface area contributed by atoms with E-state index in [4.69, 9.17) is 5.73 Å². The Balaban J connectivity index is 2.10. The summed E-state index contributed by atoms with van der Waals surface area (Å²) in [5, 5.41) is 0. The van der Waals surface area contributed by atoms with Gasteiger partial charge in [0, 0.05) is 0 Å². The van der Waals surface area contributed by atoms with E-state index in [1.54, 1.807) is 0 Å². The van der Waals surface area contributed by atoms with Gasteiger partial charge in [-0.05, 0) is 69.6 Å². The molecule has 1 heterocycles. The highest BCUT2D eigenvalue weighted by Gasteiger charge is 2.16. The minimum atomic E-state index is 0.341. The highest BCUT2D eigenvalue weighted by Crippen LogP contribution is 2.22. The van der Waals surface area contributed by atoms with E-state index in [1.807, 2.05) is 0 Å². The average molecular weight is 240 g/mol. The molecule has 1 atom stereocenters. The van der Waals surface area contributed by atoms with E-state index in [0.29, 0.717) is 5.41 Å². The molecule has 17 heavy (non-hydrogen) atoms. The van der Waals surface area contributed by atoms with Crippen molar-refractivity contribution in [1.29, 1.82) is 0 Å². The minimum absolute atomic E-state index is 0.341. The van der Waals surface area contributed by atoms with Crippen LogP contribution < -0.4 is 5.73 Å². The Kier molecular flexibility index (Phi) is 6.50. The Bertz CT molecular complexity index is 201. The molecule has 1 saturated heterocycles. The maximum Gasteiger partial charge on any atom is -0.00162 e. The second kappa shape index (κ2) is 7.38. The number of likely N-dealkylation sites (tertiary alicyclic amines) is 1. The molecule has 102 valence electrons. The first-order valence-electron chi connectivity index (χ1n) is 7.46. The molecule has 0 saturated carbocycles. The van der Waals surface area contributed by atoms with Crippen molar-refractivity contribution in [2.24, 2.45) is 17.1 Å². The number of unbranched alkanes of at least 4 members (excludes halogenated alkanes) is 1. The SMILES string of the molecule is CC1CCCN(CCCCC(C)(C)CN)CC1. The van der Waals surface area contributed by atoms with Crippen LogP contribution in [0.2, 0.25) is 0 Å². The molecule has 1 aliphatic heterocycles. The van der Waals surface area contributed by atoms with E-state index >= 15 is 0 Å². The first kappa shape index (κ1) is 15.0. The summed E-state index contributed by atoms with van der Waals surface area (Å²) >= 11 is 0. The lowest BCUT2D eigenvalue weighted by Gasteiger charge is -2.24. The predicted molar refractivity (Wildman–Crippen MR) is 76.1 cm³/mol. The summed E-state index contributed by atoms with van der Waals surface area (Å²) in [5.41, 5.74) is 6.10. The van der Waals surface area contributed by atoms with Gasteiger partial charge < -0.3 is 10.6 Å². The lowest BCUT2D eigenvalue weighted by Crippen LogP contribution is -2.27. The van der Waals surface area contributed by atoms with Crippen LogP contribution in [-0.2, 0) is 0 Å². The second-order valence-electron chi connectivity index (χ2n) is 6.70. The third-order valence-electron chi connectivity index (χ3n) is 4.24. The second-order valence-corrected chi connectivity index (χ2v) is 6.70. The predicted octanol–water partition coefficient (Wildman–Crippen LogP) is 3.26. The Labute approximate surface area is 108 Å². The molecule has 2 heteroatoms. The fourth-order valence-corrected chi connectivity index (χ4v) is 2.59. The standard InChI is InChI=1S/C15H32N2/c1-14-7-6-11-17(12-8-14)10-5-4-9-15(2,3)13-16/h14H,4-13,16H2,1-3H3. The van der Waals surface area contributed by atoms with Crippen molar-refractivity contribution >= 4 is 0 Å². The molecule has 1 aliphatic rings. The van der Waals surface area contributed by atoms with E-state index in [0.717, 1.165) is 12.5 Å². The first-order chi connectivity index (χ1) is 8.03. The lowest BCUT2D eigenvalue weighted by molar-refractivity contribution is 0.261. The largest absolute Gasteiger partial charge is 0.330 e. The Morgan fingerprint density at radius 1 is 1.18 bits per heavy atom. The van der Waals surface area contributed by atoms with Crippen molar-refractivity contribution < 1.29 is 0 Å². The van der Waals surface area contributed by atoms with Gasteiger partial charge in [0.2, 0.25) is 0 Å². The zero-order valence-corrected chi connectivity index (χ0v) is 12.2. The number of rotatable bonds is 6. The highest BCUT2D eigenvalue weighted by molar-refractivity contribution is 4.71. The van der Waals surface area contributed by atoms with Gasteiger partial charge in [0.1, 0.15) is 0 Å². The van der Waals surface area contributed by atoms with E-state index < -0.39 is 0 Å². The van der Waals surface area contributed by atoms with Crippen LogP contribution in [-0.4, -0.2) is 31.1 Å². The van der Waals surface area contributed by atoms with E-state index in [2.05, 4.69) is 25.7 Å². The van der Waals surface area contributed by atoms with Crippen molar-refractivity contribution in [2.75, 3.05) is 26.2 Å². The monoisotopic (exact) mass is 240 g/mol. The zero-order chi connectivity index (χ0) is 12.7. The molecule has 0 spiro atoms.